The number of nitrogen functional groups attached to an aromatic ring is 1. The number of nitrogens with two attached hydrogens (primary N) is 1. The molecule has 0 bridgehead atoms. The molecule has 0 spiro atoms. The van der Waals surface area contributed by atoms with E-state index in [4.69, 9.17) is 5.84 Å². The molecule has 48 valence electrons. The van der Waals surface area contributed by atoms with Crippen LogP contribution in [0.3, 0.4) is 0 Å². The van der Waals surface area contributed by atoms with Crippen LogP contribution in [0.5, 0.6) is 0 Å². The van der Waals surface area contributed by atoms with Gasteiger partial charge >= 0.3 is 0 Å². The van der Waals surface area contributed by atoms with E-state index in [2.05, 4.69) is 15.4 Å². The molecule has 0 radical (unpaired) electrons. The molecule has 1 aromatic rings. The van der Waals surface area contributed by atoms with E-state index in [1.807, 2.05) is 0 Å². The van der Waals surface area contributed by atoms with E-state index in [1.165, 1.54) is 6.20 Å². The largest absolute Gasteiger partial charge is 0.307 e. The fraction of sp³-hybridized carbons (Fsp3) is 0. The zero-order valence-corrected chi connectivity index (χ0v) is 4.50. The van der Waals surface area contributed by atoms with Crippen molar-refractivity contribution in [3.8, 4) is 0 Å². The van der Waals surface area contributed by atoms with E-state index in [0.717, 1.165) is 6.20 Å². The molecular formula is C4H5FN4. The van der Waals surface area contributed by atoms with Gasteiger partial charge in [-0.3, -0.25) is 4.98 Å². The molecule has 1 rings (SSSR count). The lowest BCUT2D eigenvalue weighted by Crippen LogP contribution is -2.09. The van der Waals surface area contributed by atoms with Crippen molar-refractivity contribution in [2.75, 3.05) is 5.43 Å². The van der Waals surface area contributed by atoms with Gasteiger partial charge in [-0.15, -0.1) is 0 Å². The molecule has 0 amide bonds. The summed E-state index contributed by atoms with van der Waals surface area (Å²) >= 11 is 0. The van der Waals surface area contributed by atoms with Gasteiger partial charge in [0.25, 0.3) is 0 Å². The first kappa shape index (κ1) is 5.90. The number of anilines is 1. The van der Waals surface area contributed by atoms with Crippen molar-refractivity contribution >= 4 is 5.82 Å². The minimum atomic E-state index is -0.648. The molecule has 0 unspecified atom stereocenters. The second-order valence-electron chi connectivity index (χ2n) is 1.37. The molecule has 0 atom stereocenters. The van der Waals surface area contributed by atoms with Crippen molar-refractivity contribution < 1.29 is 4.39 Å². The van der Waals surface area contributed by atoms with Gasteiger partial charge in [-0.05, 0) is 0 Å². The van der Waals surface area contributed by atoms with Crippen LogP contribution in [0.2, 0.25) is 0 Å². The molecule has 0 aliphatic rings. The van der Waals surface area contributed by atoms with E-state index >= 15 is 0 Å². The summed E-state index contributed by atoms with van der Waals surface area (Å²) in [5.74, 6) is 4.47. The van der Waals surface area contributed by atoms with E-state index in [1.54, 1.807) is 0 Å². The fourth-order valence-corrected chi connectivity index (χ4v) is 0.412. The summed E-state index contributed by atoms with van der Waals surface area (Å²) in [5.41, 5.74) is 2.15. The van der Waals surface area contributed by atoms with Crippen molar-refractivity contribution in [1.29, 1.82) is 0 Å². The summed E-state index contributed by atoms with van der Waals surface area (Å²) in [6.07, 6.45) is 2.32. The first-order valence-corrected chi connectivity index (χ1v) is 2.27. The molecule has 0 saturated carbocycles. The predicted molar refractivity (Wildman–Crippen MR) is 29.8 cm³/mol. The molecule has 0 saturated heterocycles. The van der Waals surface area contributed by atoms with Gasteiger partial charge in [0.05, 0.1) is 12.4 Å². The summed E-state index contributed by atoms with van der Waals surface area (Å²) in [5, 5.41) is 0. The van der Waals surface area contributed by atoms with Gasteiger partial charge < -0.3 is 5.43 Å². The minimum Gasteiger partial charge on any atom is -0.307 e. The number of nitrogens with one attached hydrogen (secondary N) is 1. The number of hydrazine groups is 1. The Balaban J connectivity index is 2.94. The highest BCUT2D eigenvalue weighted by molar-refractivity contribution is 5.27. The van der Waals surface area contributed by atoms with Crippen LogP contribution in [0.4, 0.5) is 10.2 Å². The van der Waals surface area contributed by atoms with Crippen LogP contribution in [0, 0.1) is 5.95 Å². The van der Waals surface area contributed by atoms with E-state index in [-0.39, 0.29) is 5.82 Å². The van der Waals surface area contributed by atoms with Gasteiger partial charge in [-0.2, -0.15) is 9.37 Å². The molecule has 9 heavy (non-hydrogen) atoms. The van der Waals surface area contributed by atoms with Crippen LogP contribution in [0.15, 0.2) is 12.4 Å². The molecule has 0 fully saturated rings. The number of hydrogen-bond donors (Lipinski definition) is 2. The number of halogens is 1. The Kier molecular flexibility index (Phi) is 1.55. The lowest BCUT2D eigenvalue weighted by molar-refractivity contribution is 0.578. The normalized spacial score (nSPS) is 9.11. The van der Waals surface area contributed by atoms with Gasteiger partial charge in [0.2, 0.25) is 5.95 Å². The first-order valence-electron chi connectivity index (χ1n) is 2.27. The number of nitrogens with zero attached hydrogens (tertiary/aromatic N) is 2. The molecule has 5 heteroatoms. The quantitative estimate of drug-likeness (QED) is 0.409. The predicted octanol–water partition coefficient (Wildman–Crippen LogP) is -0.0987. The zero-order chi connectivity index (χ0) is 6.69. The van der Waals surface area contributed by atoms with Crippen molar-refractivity contribution in [2.45, 2.75) is 0 Å². The Morgan fingerprint density at radius 3 is 2.78 bits per heavy atom. The van der Waals surface area contributed by atoms with Crippen molar-refractivity contribution in [3.05, 3.63) is 18.3 Å². The minimum absolute atomic E-state index is 0.218. The van der Waals surface area contributed by atoms with Crippen molar-refractivity contribution in [3.63, 3.8) is 0 Å². The van der Waals surface area contributed by atoms with E-state index in [0.29, 0.717) is 0 Å². The summed E-state index contributed by atoms with van der Waals surface area (Å²) < 4.78 is 12.1. The van der Waals surface area contributed by atoms with Crippen molar-refractivity contribution in [1.82, 2.24) is 9.97 Å². The Morgan fingerprint density at radius 1 is 1.56 bits per heavy atom. The summed E-state index contributed by atoms with van der Waals surface area (Å²) in [6.45, 7) is 0. The molecule has 3 N–H and O–H groups in total. The zero-order valence-electron chi connectivity index (χ0n) is 4.50. The maximum absolute atomic E-state index is 12.1. The third-order valence-corrected chi connectivity index (χ3v) is 0.753. The smallest absolute Gasteiger partial charge is 0.233 e. The topological polar surface area (TPSA) is 63.8 Å². The van der Waals surface area contributed by atoms with Crippen LogP contribution in [-0.4, -0.2) is 9.97 Å². The Morgan fingerprint density at radius 2 is 2.33 bits per heavy atom. The maximum Gasteiger partial charge on any atom is 0.233 e. The molecule has 4 nitrogen and oxygen atoms in total. The fourth-order valence-electron chi connectivity index (χ4n) is 0.412. The van der Waals surface area contributed by atoms with Gasteiger partial charge in [0, 0.05) is 0 Å². The first-order chi connectivity index (χ1) is 4.33. The third-order valence-electron chi connectivity index (χ3n) is 0.753. The SMILES string of the molecule is NNc1cncc(F)n1. The van der Waals surface area contributed by atoms with Crippen LogP contribution < -0.4 is 11.3 Å². The number of rotatable bonds is 1. The van der Waals surface area contributed by atoms with Crippen LogP contribution in [-0.2, 0) is 0 Å². The summed E-state index contributed by atoms with van der Waals surface area (Å²) in [6, 6.07) is 0. The molecule has 1 aromatic heterocycles. The van der Waals surface area contributed by atoms with E-state index in [9.17, 15) is 4.39 Å². The van der Waals surface area contributed by atoms with Crippen LogP contribution >= 0.6 is 0 Å². The second kappa shape index (κ2) is 2.36. The average Bonchev–Trinajstić information content (AvgIpc) is 1.88. The molecule has 0 aliphatic heterocycles. The molecule has 1 heterocycles. The average molecular weight is 128 g/mol. The van der Waals surface area contributed by atoms with E-state index < -0.39 is 5.95 Å². The lowest BCUT2D eigenvalue weighted by Gasteiger charge is -1.94. The summed E-state index contributed by atoms with van der Waals surface area (Å²) in [7, 11) is 0. The molecular weight excluding hydrogens is 123 g/mol. The van der Waals surface area contributed by atoms with Crippen LogP contribution in [0.25, 0.3) is 0 Å². The van der Waals surface area contributed by atoms with Gasteiger partial charge in [0.1, 0.15) is 0 Å². The monoisotopic (exact) mass is 128 g/mol. The Bertz CT molecular complexity index is 202. The summed E-state index contributed by atoms with van der Waals surface area (Å²) in [4.78, 5) is 6.80. The Labute approximate surface area is 50.9 Å². The molecule has 0 aromatic carbocycles. The van der Waals surface area contributed by atoms with Gasteiger partial charge in [-0.1, -0.05) is 0 Å². The van der Waals surface area contributed by atoms with Crippen LogP contribution in [0.1, 0.15) is 0 Å². The third kappa shape index (κ3) is 1.33. The maximum atomic E-state index is 12.1. The van der Waals surface area contributed by atoms with Gasteiger partial charge in [-0.25, -0.2) is 5.84 Å². The second-order valence-corrected chi connectivity index (χ2v) is 1.37. The van der Waals surface area contributed by atoms with Gasteiger partial charge in [0.15, 0.2) is 5.82 Å². The lowest BCUT2D eigenvalue weighted by atomic mass is 10.7. The number of hydrogen-bond acceptors (Lipinski definition) is 4. The standard InChI is InChI=1S/C4H5FN4/c5-3-1-7-2-4(8-3)9-6/h1-2H,6H2,(H,8,9). The Hall–Kier alpha value is -1.23. The number of aromatic nitrogens is 2. The highest BCUT2D eigenvalue weighted by Gasteiger charge is 1.91. The van der Waals surface area contributed by atoms with Crippen molar-refractivity contribution in [2.24, 2.45) is 5.84 Å². The highest BCUT2D eigenvalue weighted by atomic mass is 19.1. The highest BCUT2D eigenvalue weighted by Crippen LogP contribution is 1.96. The molecule has 0 aliphatic carbocycles.